The van der Waals surface area contributed by atoms with Gasteiger partial charge in [-0.1, -0.05) is 0 Å². The number of H-pyrrole nitrogens is 1. The SMILES string of the molecule is Cn1cc([C@H]2CCCN2Cc2nc3c(c(=O)[nH]c(=O)n3C)n2C)cn1. The molecule has 0 unspecified atom stereocenters. The van der Waals surface area contributed by atoms with E-state index in [1.807, 2.05) is 31.2 Å². The molecule has 0 aliphatic carbocycles. The van der Waals surface area contributed by atoms with Crippen LogP contribution in [0.2, 0.25) is 0 Å². The summed E-state index contributed by atoms with van der Waals surface area (Å²) >= 11 is 0. The van der Waals surface area contributed by atoms with Crippen molar-refractivity contribution in [3.8, 4) is 0 Å². The van der Waals surface area contributed by atoms with Crippen molar-refractivity contribution >= 4 is 11.2 Å². The zero-order chi connectivity index (χ0) is 17.7. The smallest absolute Gasteiger partial charge is 0.324 e. The van der Waals surface area contributed by atoms with Crippen LogP contribution in [0.3, 0.4) is 0 Å². The molecule has 1 atom stereocenters. The number of nitrogens with one attached hydrogen (secondary N) is 1. The summed E-state index contributed by atoms with van der Waals surface area (Å²) < 4.78 is 4.98. The van der Waals surface area contributed by atoms with Crippen molar-refractivity contribution in [2.24, 2.45) is 21.1 Å². The van der Waals surface area contributed by atoms with E-state index in [-0.39, 0.29) is 0 Å². The first-order valence-corrected chi connectivity index (χ1v) is 8.33. The van der Waals surface area contributed by atoms with Gasteiger partial charge in [0.05, 0.1) is 12.7 Å². The third kappa shape index (κ3) is 2.51. The molecule has 4 heterocycles. The lowest BCUT2D eigenvalue weighted by atomic mass is 10.1. The van der Waals surface area contributed by atoms with Crippen LogP contribution in [0.5, 0.6) is 0 Å². The van der Waals surface area contributed by atoms with Gasteiger partial charge in [0, 0.05) is 38.9 Å². The molecular formula is C16H21N7O2. The first-order chi connectivity index (χ1) is 12.0. The number of fused-ring (bicyclic) bond motifs is 1. The highest BCUT2D eigenvalue weighted by molar-refractivity contribution is 5.70. The molecule has 0 aromatic carbocycles. The van der Waals surface area contributed by atoms with Crippen molar-refractivity contribution in [2.45, 2.75) is 25.4 Å². The average Bonchev–Trinajstić information content (AvgIpc) is 3.26. The third-order valence-electron chi connectivity index (χ3n) is 5.05. The summed E-state index contributed by atoms with van der Waals surface area (Å²) in [5.74, 6) is 0.775. The van der Waals surface area contributed by atoms with Gasteiger partial charge in [-0.3, -0.25) is 23.9 Å². The Morgan fingerprint density at radius 2 is 2.04 bits per heavy atom. The standard InChI is InChI=1S/C16H21N7O2/c1-20-8-10(7-17-20)11-5-4-6-23(11)9-12-18-14-13(21(12)2)15(24)19-16(25)22(14)3/h7-8,11H,4-6,9H2,1-3H3,(H,19,24,25)/t11-/m1/s1. The second-order valence-corrected chi connectivity index (χ2v) is 6.65. The molecule has 0 spiro atoms. The van der Waals surface area contributed by atoms with Crippen LogP contribution in [-0.2, 0) is 27.7 Å². The van der Waals surface area contributed by atoms with Gasteiger partial charge in [0.25, 0.3) is 5.56 Å². The first-order valence-electron chi connectivity index (χ1n) is 8.33. The zero-order valence-corrected chi connectivity index (χ0v) is 14.6. The van der Waals surface area contributed by atoms with E-state index in [1.165, 1.54) is 10.1 Å². The Morgan fingerprint density at radius 3 is 2.76 bits per heavy atom. The summed E-state index contributed by atoms with van der Waals surface area (Å²) in [6.07, 6.45) is 6.15. The molecule has 25 heavy (non-hydrogen) atoms. The van der Waals surface area contributed by atoms with Gasteiger partial charge in [-0.05, 0) is 19.4 Å². The Bertz CT molecular complexity index is 1050. The molecule has 3 aromatic heterocycles. The molecule has 132 valence electrons. The molecule has 3 aromatic rings. The van der Waals surface area contributed by atoms with E-state index in [1.54, 1.807) is 11.6 Å². The van der Waals surface area contributed by atoms with Gasteiger partial charge in [0.15, 0.2) is 11.2 Å². The molecular weight excluding hydrogens is 322 g/mol. The molecule has 1 saturated heterocycles. The molecule has 9 nitrogen and oxygen atoms in total. The van der Waals surface area contributed by atoms with Crippen LogP contribution in [0.1, 0.15) is 30.3 Å². The summed E-state index contributed by atoms with van der Waals surface area (Å²) in [4.78, 5) is 33.2. The Kier molecular flexibility index (Phi) is 3.60. The van der Waals surface area contributed by atoms with Crippen molar-refractivity contribution in [1.29, 1.82) is 0 Å². The fraction of sp³-hybridized carbons (Fsp3) is 0.500. The molecule has 1 N–H and O–H groups in total. The van der Waals surface area contributed by atoms with Crippen molar-refractivity contribution < 1.29 is 0 Å². The number of likely N-dealkylation sites (tertiary alicyclic amines) is 1. The monoisotopic (exact) mass is 343 g/mol. The van der Waals surface area contributed by atoms with Gasteiger partial charge in [0.1, 0.15) is 5.82 Å². The molecule has 1 fully saturated rings. The minimum atomic E-state index is -0.448. The largest absolute Gasteiger partial charge is 0.329 e. The lowest BCUT2D eigenvalue weighted by molar-refractivity contribution is 0.240. The highest BCUT2D eigenvalue weighted by Crippen LogP contribution is 2.32. The topological polar surface area (TPSA) is 93.7 Å². The van der Waals surface area contributed by atoms with Gasteiger partial charge in [0.2, 0.25) is 0 Å². The summed E-state index contributed by atoms with van der Waals surface area (Å²) in [6, 6.07) is 0.301. The minimum absolute atomic E-state index is 0.301. The number of aryl methyl sites for hydroxylation is 3. The number of rotatable bonds is 3. The predicted molar refractivity (Wildman–Crippen MR) is 92.2 cm³/mol. The fourth-order valence-electron chi connectivity index (χ4n) is 3.68. The van der Waals surface area contributed by atoms with Crippen LogP contribution in [0.4, 0.5) is 0 Å². The second-order valence-electron chi connectivity index (χ2n) is 6.65. The molecule has 0 bridgehead atoms. The van der Waals surface area contributed by atoms with E-state index >= 15 is 0 Å². The lowest BCUT2D eigenvalue weighted by Gasteiger charge is -2.23. The lowest BCUT2D eigenvalue weighted by Crippen LogP contribution is -2.29. The van der Waals surface area contributed by atoms with Gasteiger partial charge in [-0.25, -0.2) is 9.78 Å². The Hall–Kier alpha value is -2.68. The molecule has 1 aliphatic rings. The van der Waals surface area contributed by atoms with Crippen LogP contribution < -0.4 is 11.2 Å². The predicted octanol–water partition coefficient (Wildman–Crippen LogP) is 0.0309. The van der Waals surface area contributed by atoms with Crippen molar-refractivity contribution in [2.75, 3.05) is 6.54 Å². The first kappa shape index (κ1) is 15.8. The number of aromatic nitrogens is 6. The Labute approximate surface area is 143 Å². The average molecular weight is 343 g/mol. The minimum Gasteiger partial charge on any atom is -0.324 e. The second kappa shape index (κ2) is 5.69. The zero-order valence-electron chi connectivity index (χ0n) is 14.6. The van der Waals surface area contributed by atoms with Gasteiger partial charge >= 0.3 is 5.69 Å². The van der Waals surface area contributed by atoms with Crippen LogP contribution in [0.25, 0.3) is 11.2 Å². The number of nitrogens with zero attached hydrogens (tertiary/aromatic N) is 6. The van der Waals surface area contributed by atoms with Gasteiger partial charge < -0.3 is 4.57 Å². The van der Waals surface area contributed by atoms with Gasteiger partial charge in [-0.2, -0.15) is 5.10 Å². The van der Waals surface area contributed by atoms with Crippen molar-refractivity contribution in [3.05, 3.63) is 44.6 Å². The summed E-state index contributed by atoms with van der Waals surface area (Å²) in [7, 11) is 5.35. The number of hydrogen-bond acceptors (Lipinski definition) is 5. The summed E-state index contributed by atoms with van der Waals surface area (Å²) in [5.41, 5.74) is 1.20. The van der Waals surface area contributed by atoms with E-state index in [0.717, 1.165) is 25.2 Å². The van der Waals surface area contributed by atoms with Crippen LogP contribution >= 0.6 is 0 Å². The van der Waals surface area contributed by atoms with Crippen LogP contribution in [-0.4, -0.2) is 40.3 Å². The van der Waals surface area contributed by atoms with Crippen LogP contribution in [0, 0.1) is 0 Å². The highest BCUT2D eigenvalue weighted by Gasteiger charge is 2.28. The van der Waals surface area contributed by atoms with E-state index in [0.29, 0.717) is 23.8 Å². The highest BCUT2D eigenvalue weighted by atomic mass is 16.2. The summed E-state index contributed by atoms with van der Waals surface area (Å²) in [5, 5.41) is 4.27. The summed E-state index contributed by atoms with van der Waals surface area (Å²) in [6.45, 7) is 1.59. The normalized spacial score (nSPS) is 18.4. The molecule has 0 saturated carbocycles. The van der Waals surface area contributed by atoms with E-state index in [9.17, 15) is 9.59 Å². The maximum Gasteiger partial charge on any atom is 0.329 e. The van der Waals surface area contributed by atoms with Crippen LogP contribution in [0.15, 0.2) is 22.0 Å². The van der Waals surface area contributed by atoms with E-state index in [2.05, 4.69) is 20.0 Å². The maximum absolute atomic E-state index is 12.2. The molecule has 4 rings (SSSR count). The third-order valence-corrected chi connectivity index (χ3v) is 5.05. The van der Waals surface area contributed by atoms with E-state index < -0.39 is 11.2 Å². The molecule has 9 heteroatoms. The molecule has 0 radical (unpaired) electrons. The molecule has 1 aliphatic heterocycles. The Morgan fingerprint density at radius 1 is 1.24 bits per heavy atom. The van der Waals surface area contributed by atoms with E-state index in [4.69, 9.17) is 0 Å². The number of hydrogen-bond donors (Lipinski definition) is 1. The maximum atomic E-state index is 12.2. The fourth-order valence-corrected chi connectivity index (χ4v) is 3.68. The number of aromatic amines is 1. The quantitative estimate of drug-likeness (QED) is 0.724. The van der Waals surface area contributed by atoms with Gasteiger partial charge in [-0.15, -0.1) is 0 Å². The number of imidazole rings is 1. The van der Waals surface area contributed by atoms with Crippen molar-refractivity contribution in [1.82, 2.24) is 33.8 Å². The Balaban J connectivity index is 1.72. The van der Waals surface area contributed by atoms with Crippen molar-refractivity contribution in [3.63, 3.8) is 0 Å². The molecule has 0 amide bonds.